The minimum Gasteiger partial charge on any atom is -0.393 e. The molecule has 1 saturated heterocycles. The number of aromatic nitrogens is 1. The minimum absolute atomic E-state index is 0.0199. The van der Waals surface area contributed by atoms with Gasteiger partial charge in [-0.15, -0.1) is 11.3 Å². The number of thiazole rings is 1. The fraction of sp³-hybridized carbons (Fsp3) is 0.750. The molecule has 1 fully saturated rings. The average molecular weight is 326 g/mol. The number of carbonyl (C=O) groups excluding carboxylic acids is 1. The molecule has 3 atom stereocenters. The van der Waals surface area contributed by atoms with Gasteiger partial charge in [-0.3, -0.25) is 4.79 Å². The number of ether oxygens (including phenoxy) is 1. The van der Waals surface area contributed by atoms with Gasteiger partial charge in [-0.2, -0.15) is 0 Å². The lowest BCUT2D eigenvalue weighted by Gasteiger charge is -2.34. The number of hydrogen-bond donors (Lipinski definition) is 1. The first-order valence-electron chi connectivity index (χ1n) is 8.03. The predicted molar refractivity (Wildman–Crippen MR) is 86.8 cm³/mol. The van der Waals surface area contributed by atoms with Crippen LogP contribution in [0.1, 0.15) is 50.4 Å². The zero-order valence-corrected chi connectivity index (χ0v) is 14.4. The van der Waals surface area contributed by atoms with Crippen molar-refractivity contribution >= 4 is 17.2 Å². The van der Waals surface area contributed by atoms with E-state index < -0.39 is 0 Å². The number of carbonyl (C=O) groups is 1. The predicted octanol–water partition coefficient (Wildman–Crippen LogP) is 2.40. The fourth-order valence-electron chi connectivity index (χ4n) is 2.81. The highest BCUT2D eigenvalue weighted by molar-refractivity contribution is 7.09. The summed E-state index contributed by atoms with van der Waals surface area (Å²) in [6.45, 7) is 7.84. The van der Waals surface area contributed by atoms with Crippen molar-refractivity contribution in [1.82, 2.24) is 9.88 Å². The van der Waals surface area contributed by atoms with Crippen LogP contribution in [0.25, 0.3) is 0 Å². The Kier molecular flexibility index (Phi) is 6.35. The Balaban J connectivity index is 1.91. The Morgan fingerprint density at radius 1 is 1.59 bits per heavy atom. The Hall–Kier alpha value is -0.980. The zero-order valence-electron chi connectivity index (χ0n) is 13.6. The van der Waals surface area contributed by atoms with Crippen LogP contribution in [0, 0.1) is 5.92 Å². The smallest absolute Gasteiger partial charge is 0.228 e. The van der Waals surface area contributed by atoms with Gasteiger partial charge >= 0.3 is 0 Å². The Morgan fingerprint density at radius 2 is 2.36 bits per heavy atom. The standard InChI is InChI=1S/C16H26N2O3S/c1-4-21-12(3)16-17-14(10-22-16)8-15(20)18-7-5-6-13(9-18)11(2)19/h10-13,19H,4-9H2,1-3H3. The van der Waals surface area contributed by atoms with Crippen molar-refractivity contribution in [1.29, 1.82) is 0 Å². The molecule has 1 amide bonds. The summed E-state index contributed by atoms with van der Waals surface area (Å²) in [7, 11) is 0. The molecule has 1 aliphatic rings. The van der Waals surface area contributed by atoms with Crippen LogP contribution in [-0.2, 0) is 16.0 Å². The van der Waals surface area contributed by atoms with Gasteiger partial charge in [0.2, 0.25) is 5.91 Å². The van der Waals surface area contributed by atoms with E-state index >= 15 is 0 Å². The van der Waals surface area contributed by atoms with Crippen LogP contribution in [0.4, 0.5) is 0 Å². The number of aliphatic hydroxyl groups is 1. The molecule has 0 saturated carbocycles. The Morgan fingerprint density at radius 3 is 3.05 bits per heavy atom. The molecule has 5 nitrogen and oxygen atoms in total. The van der Waals surface area contributed by atoms with Crippen molar-refractivity contribution in [2.75, 3.05) is 19.7 Å². The highest BCUT2D eigenvalue weighted by Crippen LogP contribution is 2.23. The third-order valence-electron chi connectivity index (χ3n) is 4.16. The lowest BCUT2D eigenvalue weighted by molar-refractivity contribution is -0.133. The van der Waals surface area contributed by atoms with Gasteiger partial charge in [0.05, 0.1) is 18.2 Å². The van der Waals surface area contributed by atoms with Crippen LogP contribution < -0.4 is 0 Å². The number of amides is 1. The molecular weight excluding hydrogens is 300 g/mol. The first-order valence-corrected chi connectivity index (χ1v) is 8.91. The summed E-state index contributed by atoms with van der Waals surface area (Å²) >= 11 is 1.54. The number of piperidine rings is 1. The maximum atomic E-state index is 12.4. The molecule has 0 aromatic carbocycles. The molecule has 0 radical (unpaired) electrons. The summed E-state index contributed by atoms with van der Waals surface area (Å²) in [6.07, 6.45) is 1.92. The quantitative estimate of drug-likeness (QED) is 0.872. The molecule has 1 N–H and O–H groups in total. The van der Waals surface area contributed by atoms with Crippen molar-refractivity contribution in [3.8, 4) is 0 Å². The van der Waals surface area contributed by atoms with Crippen molar-refractivity contribution in [2.24, 2.45) is 5.92 Å². The van der Waals surface area contributed by atoms with Crippen molar-refractivity contribution in [3.05, 3.63) is 16.1 Å². The van der Waals surface area contributed by atoms with Gasteiger partial charge < -0.3 is 14.7 Å². The second-order valence-corrected chi connectivity index (χ2v) is 6.82. The minimum atomic E-state index is -0.353. The maximum Gasteiger partial charge on any atom is 0.228 e. The third-order valence-corrected chi connectivity index (χ3v) is 5.21. The Labute approximate surface area is 136 Å². The molecule has 1 aromatic rings. The Bertz CT molecular complexity index is 489. The maximum absolute atomic E-state index is 12.4. The van der Waals surface area contributed by atoms with Crippen LogP contribution in [0.2, 0.25) is 0 Å². The summed E-state index contributed by atoms with van der Waals surface area (Å²) in [5.41, 5.74) is 0.815. The first-order chi connectivity index (χ1) is 10.5. The highest BCUT2D eigenvalue weighted by Gasteiger charge is 2.26. The van der Waals surface area contributed by atoms with E-state index in [1.54, 1.807) is 18.3 Å². The summed E-state index contributed by atoms with van der Waals surface area (Å²) in [5, 5.41) is 12.6. The SMILES string of the molecule is CCOC(C)c1nc(CC(=O)N2CCCC(C(C)O)C2)cs1. The molecule has 3 unspecified atom stereocenters. The van der Waals surface area contributed by atoms with Crippen LogP contribution in [0.15, 0.2) is 5.38 Å². The van der Waals surface area contributed by atoms with E-state index in [1.807, 2.05) is 24.1 Å². The van der Waals surface area contributed by atoms with E-state index in [1.165, 1.54) is 0 Å². The molecule has 6 heteroatoms. The number of hydrogen-bond acceptors (Lipinski definition) is 5. The second-order valence-electron chi connectivity index (χ2n) is 5.93. The third kappa shape index (κ3) is 4.51. The molecule has 0 spiro atoms. The lowest BCUT2D eigenvalue weighted by Crippen LogP contribution is -2.43. The molecule has 0 bridgehead atoms. The summed E-state index contributed by atoms with van der Waals surface area (Å²) in [4.78, 5) is 18.8. The fourth-order valence-corrected chi connectivity index (χ4v) is 3.63. The summed E-state index contributed by atoms with van der Waals surface area (Å²) in [5.74, 6) is 0.299. The van der Waals surface area contributed by atoms with Crippen molar-refractivity contribution in [2.45, 2.75) is 52.2 Å². The molecule has 2 rings (SSSR count). The van der Waals surface area contributed by atoms with E-state index in [9.17, 15) is 9.90 Å². The molecule has 1 aromatic heterocycles. The van der Waals surface area contributed by atoms with E-state index in [4.69, 9.17) is 4.74 Å². The number of nitrogens with zero attached hydrogens (tertiary/aromatic N) is 2. The number of aliphatic hydroxyl groups excluding tert-OH is 1. The number of rotatable bonds is 6. The highest BCUT2D eigenvalue weighted by atomic mass is 32.1. The molecular formula is C16H26N2O3S. The first kappa shape index (κ1) is 17.4. The molecule has 22 heavy (non-hydrogen) atoms. The van der Waals surface area contributed by atoms with Crippen LogP contribution in [0.5, 0.6) is 0 Å². The van der Waals surface area contributed by atoms with Gasteiger partial charge in [0.25, 0.3) is 0 Å². The van der Waals surface area contributed by atoms with Gasteiger partial charge in [0, 0.05) is 31.0 Å². The van der Waals surface area contributed by atoms with Gasteiger partial charge in [-0.25, -0.2) is 4.98 Å². The molecule has 1 aliphatic heterocycles. The van der Waals surface area contributed by atoms with Gasteiger partial charge in [-0.05, 0) is 33.6 Å². The lowest BCUT2D eigenvalue weighted by atomic mass is 9.93. The van der Waals surface area contributed by atoms with Gasteiger partial charge in [0.15, 0.2) is 0 Å². The van der Waals surface area contributed by atoms with Gasteiger partial charge in [-0.1, -0.05) is 0 Å². The largest absolute Gasteiger partial charge is 0.393 e. The number of likely N-dealkylation sites (tertiary alicyclic amines) is 1. The van der Waals surface area contributed by atoms with Crippen molar-refractivity contribution in [3.63, 3.8) is 0 Å². The van der Waals surface area contributed by atoms with E-state index in [0.29, 0.717) is 19.6 Å². The average Bonchev–Trinajstić information content (AvgIpc) is 2.96. The molecule has 124 valence electrons. The summed E-state index contributed by atoms with van der Waals surface area (Å²) in [6, 6.07) is 0. The van der Waals surface area contributed by atoms with Crippen LogP contribution in [-0.4, -0.2) is 46.7 Å². The van der Waals surface area contributed by atoms with Crippen LogP contribution >= 0.6 is 11.3 Å². The second kappa shape index (κ2) is 8.04. The van der Waals surface area contributed by atoms with E-state index in [-0.39, 0.29) is 24.0 Å². The van der Waals surface area contributed by atoms with Gasteiger partial charge in [0.1, 0.15) is 11.1 Å². The normalized spacial score (nSPS) is 21.6. The van der Waals surface area contributed by atoms with E-state index in [0.717, 1.165) is 30.1 Å². The van der Waals surface area contributed by atoms with Crippen molar-refractivity contribution < 1.29 is 14.6 Å². The molecule has 2 heterocycles. The van der Waals surface area contributed by atoms with E-state index in [2.05, 4.69) is 4.98 Å². The topological polar surface area (TPSA) is 62.7 Å². The van der Waals surface area contributed by atoms with Crippen LogP contribution in [0.3, 0.4) is 0 Å². The zero-order chi connectivity index (χ0) is 16.1. The monoisotopic (exact) mass is 326 g/mol. The molecule has 0 aliphatic carbocycles. The summed E-state index contributed by atoms with van der Waals surface area (Å²) < 4.78 is 5.53.